The fourth-order valence-electron chi connectivity index (χ4n) is 9.56. The van der Waals surface area contributed by atoms with Crippen LogP contribution in [0.3, 0.4) is 0 Å². The highest BCUT2D eigenvalue weighted by Gasteiger charge is 2.45. The first-order valence-electron chi connectivity index (χ1n) is 23.1. The predicted octanol–water partition coefficient (Wildman–Crippen LogP) is 6.76. The Morgan fingerprint density at radius 1 is 0.761 bits per heavy atom. The highest BCUT2D eigenvalue weighted by molar-refractivity contribution is 6.25. The van der Waals surface area contributed by atoms with Gasteiger partial charge in [0.25, 0.3) is 11.8 Å². The van der Waals surface area contributed by atoms with E-state index >= 15 is 0 Å². The van der Waals surface area contributed by atoms with E-state index in [0.29, 0.717) is 37.4 Å². The molecule has 15 heteroatoms. The number of imide groups is 2. The number of nitrogens with one attached hydrogen (secondary N) is 4. The number of hydrogen-bond acceptors (Lipinski definition) is 10. The first kappa shape index (κ1) is 44.9. The molecule has 1 saturated heterocycles. The molecule has 0 radical (unpaired) electrons. The third-order valence-electron chi connectivity index (χ3n) is 12.8. The zero-order chi connectivity index (χ0) is 46.3. The summed E-state index contributed by atoms with van der Waals surface area (Å²) in [5.41, 5.74) is 8.21. The van der Waals surface area contributed by atoms with Crippen LogP contribution in [0.4, 0.5) is 5.69 Å². The van der Waals surface area contributed by atoms with Crippen molar-refractivity contribution >= 4 is 46.3 Å². The highest BCUT2D eigenvalue weighted by Crippen LogP contribution is 2.40. The molecule has 344 valence electrons. The number of carbonyl (C=O) groups excluding carboxylic acids is 5. The lowest BCUT2D eigenvalue weighted by atomic mass is 9.95. The van der Waals surface area contributed by atoms with Gasteiger partial charge in [-0.2, -0.15) is 0 Å². The summed E-state index contributed by atoms with van der Waals surface area (Å²) in [4.78, 5) is 69.4. The molecule has 1 unspecified atom stereocenters. The molecule has 4 N–H and O–H groups in total. The minimum absolute atomic E-state index is 0.0509. The fraction of sp³-hybridized carbons (Fsp3) is 0.327. The van der Waals surface area contributed by atoms with Gasteiger partial charge in [0.2, 0.25) is 17.7 Å². The third-order valence-corrected chi connectivity index (χ3v) is 12.8. The quantitative estimate of drug-likeness (QED) is 0.0534. The number of fused-ring (bicyclic) bond motifs is 2. The molecule has 9 rings (SSSR count). The summed E-state index contributed by atoms with van der Waals surface area (Å²) < 4.78 is 15.7. The van der Waals surface area contributed by atoms with E-state index in [2.05, 4.69) is 61.5 Å². The lowest BCUT2D eigenvalue weighted by Crippen LogP contribution is -2.54. The van der Waals surface area contributed by atoms with Crippen LogP contribution in [0.15, 0.2) is 109 Å². The zero-order valence-electron chi connectivity index (χ0n) is 37.3. The maximum absolute atomic E-state index is 13.3. The number of nitrogens with zero attached hydrogens (tertiary/aromatic N) is 4. The molecule has 67 heavy (non-hydrogen) atoms. The van der Waals surface area contributed by atoms with E-state index in [1.165, 1.54) is 6.42 Å². The van der Waals surface area contributed by atoms with E-state index in [4.69, 9.17) is 14.5 Å². The molecule has 6 aromatic rings. The lowest BCUT2D eigenvalue weighted by Gasteiger charge is -2.27. The number of hydrogen-bond donors (Lipinski definition) is 4. The highest BCUT2D eigenvalue weighted by atomic mass is 16.5. The SMILES string of the molecule is N=c1c2c(-c3ccccc3)c(-c3ccccc3)n(Cc3cccc(CNC(=O)CCOCCOCCNc4cccc5c4C(=O)N(C4CCC(=O)NC4=O)C5=O)c3)c2ncn1C1CCCCC1. The van der Waals surface area contributed by atoms with Crippen molar-refractivity contribution in [1.29, 1.82) is 5.41 Å². The second kappa shape index (κ2) is 20.5. The van der Waals surface area contributed by atoms with Crippen molar-refractivity contribution in [3.8, 4) is 22.4 Å². The molecule has 0 bridgehead atoms. The summed E-state index contributed by atoms with van der Waals surface area (Å²) in [6.45, 7) is 2.30. The van der Waals surface area contributed by atoms with Gasteiger partial charge in [-0.1, -0.05) is 110 Å². The number of rotatable bonds is 18. The van der Waals surface area contributed by atoms with Crippen molar-refractivity contribution in [2.24, 2.45) is 0 Å². The largest absolute Gasteiger partial charge is 0.382 e. The number of anilines is 1. The summed E-state index contributed by atoms with van der Waals surface area (Å²) in [5, 5.41) is 18.9. The first-order chi connectivity index (χ1) is 32.8. The summed E-state index contributed by atoms with van der Waals surface area (Å²) >= 11 is 0. The smallest absolute Gasteiger partial charge is 0.264 e. The van der Waals surface area contributed by atoms with Crippen LogP contribution < -0.4 is 21.4 Å². The Labute approximate surface area is 388 Å². The Morgan fingerprint density at radius 3 is 2.24 bits per heavy atom. The third kappa shape index (κ3) is 9.70. The van der Waals surface area contributed by atoms with Crippen LogP contribution in [0.25, 0.3) is 33.4 Å². The standard InChI is InChI=1S/C52H54N8O7/c53-48-46-44(36-14-4-1-5-15-36)47(37-16-6-2-7-17-37)58(49(46)56-33-59(48)38-18-8-3-9-19-38)32-35-13-10-12-34(30-35)31-55-42(61)24-26-66-28-29-67-27-25-54-40-21-11-20-39-45(40)52(65)60(51(39)64)41-22-23-43(62)57-50(41)63/h1-2,4-7,10-17,20-21,30,33,38,41,53-54H,3,8-9,18-19,22-29,31-32H2,(H,55,61)(H,57,62,63). The first-order valence-corrected chi connectivity index (χ1v) is 23.1. The van der Waals surface area contributed by atoms with E-state index in [0.717, 1.165) is 75.1 Å². The topological polar surface area (TPSA) is 190 Å². The maximum Gasteiger partial charge on any atom is 0.264 e. The maximum atomic E-state index is 13.3. The molecule has 1 saturated carbocycles. The Morgan fingerprint density at radius 2 is 1.48 bits per heavy atom. The summed E-state index contributed by atoms with van der Waals surface area (Å²) in [7, 11) is 0. The lowest BCUT2D eigenvalue weighted by molar-refractivity contribution is -0.136. The number of ether oxygens (including phenoxy) is 2. The van der Waals surface area contributed by atoms with Gasteiger partial charge in [-0.25, -0.2) is 4.98 Å². The molecule has 3 aliphatic rings. The number of aromatic nitrogens is 3. The summed E-state index contributed by atoms with van der Waals surface area (Å²) in [6, 6.07) is 33.0. The minimum atomic E-state index is -1.03. The molecule has 5 amide bonds. The van der Waals surface area contributed by atoms with Crippen molar-refractivity contribution in [1.82, 2.24) is 29.7 Å². The molecule has 4 aromatic carbocycles. The average Bonchev–Trinajstić information content (AvgIpc) is 3.81. The van der Waals surface area contributed by atoms with Crippen LogP contribution >= 0.6 is 0 Å². The Kier molecular flexibility index (Phi) is 13.8. The molecule has 2 fully saturated rings. The van der Waals surface area contributed by atoms with Gasteiger partial charge in [0.05, 0.1) is 55.0 Å². The summed E-state index contributed by atoms with van der Waals surface area (Å²) in [6.07, 6.45) is 7.85. The fourth-order valence-corrected chi connectivity index (χ4v) is 9.56. The second-order valence-corrected chi connectivity index (χ2v) is 17.2. The Hall–Kier alpha value is -7.23. The molecule has 1 atom stereocenters. The molecule has 2 aromatic heterocycles. The van der Waals surface area contributed by atoms with Crippen molar-refractivity contribution in [3.63, 3.8) is 0 Å². The number of piperidine rings is 1. The second-order valence-electron chi connectivity index (χ2n) is 17.2. The molecular weight excluding hydrogens is 849 g/mol. The monoisotopic (exact) mass is 902 g/mol. The molecular formula is C52H54N8O7. The van der Waals surface area contributed by atoms with Gasteiger partial charge in [-0.15, -0.1) is 0 Å². The van der Waals surface area contributed by atoms with E-state index in [1.54, 1.807) is 18.2 Å². The van der Waals surface area contributed by atoms with Gasteiger partial charge in [0.15, 0.2) is 0 Å². The average molecular weight is 903 g/mol. The van der Waals surface area contributed by atoms with Crippen LogP contribution in [0.5, 0.6) is 0 Å². The molecule has 2 aliphatic heterocycles. The van der Waals surface area contributed by atoms with Gasteiger partial charge in [0, 0.05) is 49.8 Å². The van der Waals surface area contributed by atoms with Gasteiger partial charge < -0.3 is 29.2 Å². The van der Waals surface area contributed by atoms with Crippen molar-refractivity contribution in [2.45, 2.75) is 76.5 Å². The van der Waals surface area contributed by atoms with Crippen molar-refractivity contribution in [2.75, 3.05) is 38.3 Å². The van der Waals surface area contributed by atoms with Gasteiger partial charge in [0.1, 0.15) is 17.2 Å². The van der Waals surface area contributed by atoms with Crippen molar-refractivity contribution < 1.29 is 33.4 Å². The predicted molar refractivity (Wildman–Crippen MR) is 252 cm³/mol. The summed E-state index contributed by atoms with van der Waals surface area (Å²) in [5.74, 6) is -2.36. The van der Waals surface area contributed by atoms with Gasteiger partial charge in [-0.3, -0.25) is 39.6 Å². The van der Waals surface area contributed by atoms with E-state index in [-0.39, 0.29) is 62.2 Å². The van der Waals surface area contributed by atoms with E-state index in [1.807, 2.05) is 54.9 Å². The van der Waals surface area contributed by atoms with Crippen LogP contribution in [0, 0.1) is 5.41 Å². The Balaban J connectivity index is 0.772. The zero-order valence-corrected chi connectivity index (χ0v) is 37.3. The number of amides is 5. The van der Waals surface area contributed by atoms with Crippen LogP contribution in [0.2, 0.25) is 0 Å². The number of benzene rings is 4. The molecule has 4 heterocycles. The molecule has 0 spiro atoms. The van der Waals surface area contributed by atoms with Crippen LogP contribution in [-0.2, 0) is 36.9 Å². The van der Waals surface area contributed by atoms with Crippen LogP contribution in [-0.4, -0.2) is 87.6 Å². The van der Waals surface area contributed by atoms with Crippen LogP contribution in [0.1, 0.15) is 89.3 Å². The minimum Gasteiger partial charge on any atom is -0.382 e. The normalized spacial score (nSPS) is 16.4. The number of carbonyl (C=O) groups is 5. The van der Waals surface area contributed by atoms with E-state index in [9.17, 15) is 29.4 Å². The van der Waals surface area contributed by atoms with Gasteiger partial charge >= 0.3 is 0 Å². The van der Waals surface area contributed by atoms with E-state index < -0.39 is 29.7 Å². The van der Waals surface area contributed by atoms with Gasteiger partial charge in [-0.05, 0) is 53.6 Å². The molecule has 15 nitrogen and oxygen atoms in total. The molecule has 1 aliphatic carbocycles. The Bertz CT molecular complexity index is 2870. The van der Waals surface area contributed by atoms with Crippen molar-refractivity contribution in [3.05, 3.63) is 137 Å².